The van der Waals surface area contributed by atoms with Gasteiger partial charge in [0.2, 0.25) is 5.91 Å². The summed E-state index contributed by atoms with van der Waals surface area (Å²) in [5.41, 5.74) is -0.615. The van der Waals surface area contributed by atoms with Crippen molar-refractivity contribution < 1.29 is 31.9 Å². The Kier molecular flexibility index (Phi) is 6.18. The molecule has 2 aromatic rings. The zero-order valence-electron chi connectivity index (χ0n) is 20.9. The third kappa shape index (κ3) is 4.88. The van der Waals surface area contributed by atoms with Gasteiger partial charge in [0, 0.05) is 23.4 Å². The lowest BCUT2D eigenvalue weighted by Gasteiger charge is -2.45. The molecule has 2 aliphatic carbocycles. The first-order valence-electron chi connectivity index (χ1n) is 12.4. The highest BCUT2D eigenvalue weighted by Gasteiger charge is 2.56. The lowest BCUT2D eigenvalue weighted by atomic mass is 9.67. The van der Waals surface area contributed by atoms with E-state index in [9.17, 15) is 31.9 Å². The number of aliphatic hydroxyl groups is 1. The number of sulfone groups is 1. The number of benzene rings is 2. The fourth-order valence-corrected chi connectivity index (χ4v) is 6.56. The summed E-state index contributed by atoms with van der Waals surface area (Å²) in [5, 5.41) is 13.1. The lowest BCUT2D eigenvalue weighted by Crippen LogP contribution is -2.52. The van der Waals surface area contributed by atoms with Gasteiger partial charge < -0.3 is 15.3 Å². The van der Waals surface area contributed by atoms with Gasteiger partial charge >= 0.3 is 0 Å². The largest absolute Gasteiger partial charge is 0.390 e. The maximum Gasteiger partial charge on any atom is 0.254 e. The number of carbonyl (C=O) groups is 2. The molecule has 0 aromatic heterocycles. The predicted octanol–water partition coefficient (Wildman–Crippen LogP) is 3.30. The van der Waals surface area contributed by atoms with E-state index in [1.807, 2.05) is 0 Å². The Balaban J connectivity index is 1.42. The second-order valence-corrected chi connectivity index (χ2v) is 13.1. The zero-order valence-corrected chi connectivity index (χ0v) is 21.7. The number of piperidine rings is 1. The molecule has 4 atom stereocenters. The van der Waals surface area contributed by atoms with Crippen molar-refractivity contribution in [3.8, 4) is 0 Å². The maximum absolute atomic E-state index is 15.0. The number of hydrogen-bond donors (Lipinski definition) is 2. The third-order valence-corrected chi connectivity index (χ3v) is 9.05. The highest BCUT2D eigenvalue weighted by atomic mass is 32.2. The van der Waals surface area contributed by atoms with Crippen LogP contribution in [0.4, 0.5) is 8.78 Å². The van der Waals surface area contributed by atoms with Gasteiger partial charge in [0.1, 0.15) is 17.7 Å². The van der Waals surface area contributed by atoms with Crippen LogP contribution in [0.1, 0.15) is 60.1 Å². The van der Waals surface area contributed by atoms with E-state index in [-0.39, 0.29) is 39.5 Å². The number of fused-ring (bicyclic) bond motifs is 1. The van der Waals surface area contributed by atoms with E-state index in [1.54, 1.807) is 6.92 Å². The van der Waals surface area contributed by atoms with Crippen molar-refractivity contribution in [1.82, 2.24) is 10.2 Å². The molecule has 37 heavy (non-hydrogen) atoms. The Bertz CT molecular complexity index is 1390. The lowest BCUT2D eigenvalue weighted by molar-refractivity contribution is -0.128. The number of nitrogens with zero attached hydrogens (tertiary/aromatic N) is 1. The molecule has 1 unspecified atom stereocenters. The molecule has 0 radical (unpaired) electrons. The fraction of sp³-hybridized carbons (Fsp3) is 0.481. The molecule has 2 amide bonds. The summed E-state index contributed by atoms with van der Waals surface area (Å²) < 4.78 is 53.3. The van der Waals surface area contributed by atoms with Crippen molar-refractivity contribution in [3.05, 3.63) is 64.7 Å². The highest BCUT2D eigenvalue weighted by molar-refractivity contribution is 7.90. The van der Waals surface area contributed by atoms with Crippen molar-refractivity contribution in [1.29, 1.82) is 0 Å². The number of hydrogen-bond acceptors (Lipinski definition) is 5. The van der Waals surface area contributed by atoms with Crippen LogP contribution >= 0.6 is 0 Å². The van der Waals surface area contributed by atoms with Gasteiger partial charge in [-0.1, -0.05) is 6.07 Å². The van der Waals surface area contributed by atoms with Crippen LogP contribution in [0.25, 0.3) is 0 Å². The average molecular weight is 533 g/mol. The topological polar surface area (TPSA) is 104 Å². The molecule has 0 spiro atoms. The van der Waals surface area contributed by atoms with Gasteiger partial charge in [-0.3, -0.25) is 9.59 Å². The zero-order chi connectivity index (χ0) is 26.9. The average Bonchev–Trinajstić information content (AvgIpc) is 3.47. The Hall–Kier alpha value is -2.85. The molecule has 0 bridgehead atoms. The van der Waals surface area contributed by atoms with Gasteiger partial charge in [0.25, 0.3) is 5.91 Å². The van der Waals surface area contributed by atoms with E-state index < -0.39 is 51.0 Å². The molecular formula is C27H30F2N2O5S. The van der Waals surface area contributed by atoms with Gasteiger partial charge in [-0.2, -0.15) is 0 Å². The smallest absolute Gasteiger partial charge is 0.254 e. The van der Waals surface area contributed by atoms with E-state index in [0.29, 0.717) is 19.3 Å². The summed E-state index contributed by atoms with van der Waals surface area (Å²) in [6, 6.07) is 6.10. The molecule has 2 saturated carbocycles. The molecule has 1 heterocycles. The molecule has 5 rings (SSSR count). The molecule has 1 saturated heterocycles. The van der Waals surface area contributed by atoms with Crippen molar-refractivity contribution in [3.63, 3.8) is 0 Å². The van der Waals surface area contributed by atoms with Crippen LogP contribution in [0.2, 0.25) is 0 Å². The van der Waals surface area contributed by atoms with Gasteiger partial charge in [-0.05, 0) is 87.3 Å². The molecule has 3 aliphatic rings. The van der Waals surface area contributed by atoms with Crippen molar-refractivity contribution in [2.75, 3.05) is 6.26 Å². The van der Waals surface area contributed by atoms with E-state index >= 15 is 0 Å². The van der Waals surface area contributed by atoms with Crippen LogP contribution in [-0.2, 0) is 14.6 Å². The number of amides is 2. The second-order valence-electron chi connectivity index (χ2n) is 11.1. The highest BCUT2D eigenvalue weighted by Crippen LogP contribution is 2.49. The van der Waals surface area contributed by atoms with E-state index in [1.165, 1.54) is 36.1 Å². The number of nitrogens with one attached hydrogen (secondary N) is 1. The first kappa shape index (κ1) is 25.8. The number of halogens is 2. The summed E-state index contributed by atoms with van der Waals surface area (Å²) in [7, 11) is -3.52. The standard InChI is InChI=1S/C27H30F2N2O5S/c1-14-7-21(29)19(11-20(14)28)24(17-12-27(2,34)13-17)30-25(32)23-10-16-9-22(16)31(23)26(33)15-5-4-6-18(8-15)37(3,35)36/h4-8,11,16-17,22-24,34H,9-10,12-13H2,1-3H3,(H,30,32)/t16?,17?,22-,23-,24-,27?/m1/s1. The normalized spacial score (nSPS) is 29.3. The van der Waals surface area contributed by atoms with Crippen LogP contribution in [-0.4, -0.2) is 54.2 Å². The Morgan fingerprint density at radius 1 is 1.14 bits per heavy atom. The Morgan fingerprint density at radius 3 is 2.49 bits per heavy atom. The first-order valence-corrected chi connectivity index (χ1v) is 14.3. The van der Waals surface area contributed by atoms with Crippen molar-refractivity contribution >= 4 is 21.7 Å². The monoisotopic (exact) mass is 532 g/mol. The van der Waals surface area contributed by atoms with Crippen LogP contribution in [0.15, 0.2) is 41.3 Å². The van der Waals surface area contributed by atoms with Crippen LogP contribution in [0.5, 0.6) is 0 Å². The first-order chi connectivity index (χ1) is 17.2. The number of rotatable bonds is 6. The molecule has 1 aliphatic heterocycles. The van der Waals surface area contributed by atoms with Crippen LogP contribution in [0.3, 0.4) is 0 Å². The summed E-state index contributed by atoms with van der Waals surface area (Å²) >= 11 is 0. The molecule has 10 heteroatoms. The minimum Gasteiger partial charge on any atom is -0.390 e. The van der Waals surface area contributed by atoms with Gasteiger partial charge in [0.05, 0.1) is 16.5 Å². The molecule has 7 nitrogen and oxygen atoms in total. The minimum absolute atomic E-state index is 0.0128. The SMILES string of the molecule is Cc1cc(F)c([C@H](NC(=O)[C@H]2CC3C[C@H]3N2C(=O)c2cccc(S(C)(=O)=O)c2)C2CC(C)(O)C2)cc1F. The van der Waals surface area contributed by atoms with Crippen molar-refractivity contribution in [2.45, 2.75) is 68.2 Å². The summed E-state index contributed by atoms with van der Waals surface area (Å²) in [4.78, 5) is 28.5. The minimum atomic E-state index is -3.52. The molecule has 2 N–H and O–H groups in total. The van der Waals surface area contributed by atoms with Crippen LogP contribution < -0.4 is 5.32 Å². The molecule has 198 valence electrons. The van der Waals surface area contributed by atoms with Gasteiger partial charge in [-0.15, -0.1) is 0 Å². The van der Waals surface area contributed by atoms with E-state index in [4.69, 9.17) is 0 Å². The van der Waals surface area contributed by atoms with Crippen LogP contribution in [0, 0.1) is 30.4 Å². The summed E-state index contributed by atoms with van der Waals surface area (Å²) in [6.45, 7) is 3.11. The van der Waals surface area contributed by atoms with E-state index in [2.05, 4.69) is 5.32 Å². The second kappa shape index (κ2) is 8.87. The van der Waals surface area contributed by atoms with Gasteiger partial charge in [0.15, 0.2) is 9.84 Å². The Morgan fingerprint density at radius 2 is 1.84 bits per heavy atom. The summed E-state index contributed by atoms with van der Waals surface area (Å²) in [5.74, 6) is -2.29. The van der Waals surface area contributed by atoms with Gasteiger partial charge in [-0.25, -0.2) is 17.2 Å². The Labute approximate surface area is 214 Å². The predicted molar refractivity (Wildman–Crippen MR) is 131 cm³/mol. The maximum atomic E-state index is 15.0. The van der Waals surface area contributed by atoms with E-state index in [0.717, 1.165) is 24.8 Å². The fourth-order valence-electron chi connectivity index (χ4n) is 5.90. The number of likely N-dealkylation sites (tertiary alicyclic amines) is 1. The quantitative estimate of drug-likeness (QED) is 0.594. The number of carbonyl (C=O) groups excluding carboxylic acids is 2. The molecule has 2 aromatic carbocycles. The molecular weight excluding hydrogens is 502 g/mol. The number of aryl methyl sites for hydroxylation is 1. The third-order valence-electron chi connectivity index (χ3n) is 7.94. The summed E-state index contributed by atoms with van der Waals surface area (Å²) in [6.07, 6.45) is 2.87. The van der Waals surface area contributed by atoms with Crippen molar-refractivity contribution in [2.24, 2.45) is 11.8 Å². The molecule has 3 fully saturated rings.